The number of H-pyrrole nitrogens is 1. The summed E-state index contributed by atoms with van der Waals surface area (Å²) in [6.07, 6.45) is 10.1. The molecule has 0 spiro atoms. The van der Waals surface area contributed by atoms with Gasteiger partial charge in [-0.25, -0.2) is 19.3 Å². The van der Waals surface area contributed by atoms with Crippen molar-refractivity contribution in [2.75, 3.05) is 21.1 Å². The van der Waals surface area contributed by atoms with Crippen molar-refractivity contribution in [2.45, 2.75) is 33.8 Å². The van der Waals surface area contributed by atoms with E-state index in [2.05, 4.69) is 101 Å². The number of aromatic amines is 1. The SMILES string of the molecule is C.CC(C)(C)OC(=O)n1c2ccncc2c2ccc(-c3ccc([N+](C)(C)C)nc3)cc21.I.II.[18F]c1ccc(-c2ccc3c(c2)[nH]c2ccncc23)cn1. The van der Waals surface area contributed by atoms with E-state index in [-0.39, 0.29) is 31.4 Å². The Hall–Kier alpha value is -3.81. The highest BCUT2D eigenvalue weighted by atomic mass is 128. The van der Waals surface area contributed by atoms with Crippen LogP contribution in [-0.4, -0.2) is 62.3 Å². The summed E-state index contributed by atoms with van der Waals surface area (Å²) in [4.78, 5) is 33.1. The molecule has 6 heterocycles. The standard InChI is InChI=1S/C24H27N4O2.C16H10FN3.CH4.I2.HI/c1-24(2,3)30-23(29)27-20-11-12-25-15-19(20)18-9-7-16(13-21(18)27)17-8-10-22(26-14-17)28(4,5)6;17-16-4-2-11(8-19-16)10-1-3-12-13-9-18-6-5-14(13)20-15(12)7-10;;1-2;/h7-15H,1-6H3;1-9,20H;1H4;;1H/q+1;;;;/i;17-1;;;. The number of quaternary nitrogens is 1. The molecule has 280 valence electrons. The summed E-state index contributed by atoms with van der Waals surface area (Å²) in [5.41, 5.74) is 6.96. The van der Waals surface area contributed by atoms with Gasteiger partial charge in [0.2, 0.25) is 11.8 Å². The zero-order valence-corrected chi connectivity index (χ0v) is 36.6. The summed E-state index contributed by atoms with van der Waals surface area (Å²) in [6, 6.07) is 23.2. The third-order valence-corrected chi connectivity index (χ3v) is 8.37. The third-order valence-electron chi connectivity index (χ3n) is 8.37. The van der Waals surface area contributed by atoms with Crippen molar-refractivity contribution >= 4 is 117 Å². The Labute approximate surface area is 354 Å². The van der Waals surface area contributed by atoms with Crippen molar-refractivity contribution in [3.63, 3.8) is 0 Å². The largest absolute Gasteiger partial charge is 0.443 e. The van der Waals surface area contributed by atoms with Gasteiger partial charge in [0.25, 0.3) is 0 Å². The maximum Gasteiger partial charge on any atom is 0.419 e. The van der Waals surface area contributed by atoms with E-state index in [4.69, 9.17) is 4.74 Å². The van der Waals surface area contributed by atoms with E-state index in [0.717, 1.165) is 71.7 Å². The minimum absolute atomic E-state index is 0. The topological polar surface area (TPSA) is 98.6 Å². The zero-order valence-electron chi connectivity index (χ0n) is 29.9. The predicted octanol–water partition coefficient (Wildman–Crippen LogP) is 12.2. The van der Waals surface area contributed by atoms with Gasteiger partial charge >= 0.3 is 6.09 Å². The van der Waals surface area contributed by atoms with Gasteiger partial charge in [-0.05, 0) is 74.4 Å². The summed E-state index contributed by atoms with van der Waals surface area (Å²) < 4.78 is 20.8. The number of ether oxygens (including phenoxy) is 1. The molecule has 0 aliphatic rings. The number of halogens is 4. The lowest BCUT2D eigenvalue weighted by Crippen LogP contribution is -2.35. The number of carbonyl (C=O) groups is 1. The molecule has 0 amide bonds. The van der Waals surface area contributed by atoms with Crippen LogP contribution in [0.5, 0.6) is 0 Å². The molecule has 0 radical (unpaired) electrons. The maximum absolute atomic E-state index is 13.1. The second-order valence-corrected chi connectivity index (χ2v) is 14.0. The number of pyridine rings is 4. The molecule has 1 N–H and O–H groups in total. The van der Waals surface area contributed by atoms with Crippen LogP contribution < -0.4 is 4.48 Å². The van der Waals surface area contributed by atoms with Crippen LogP contribution in [0, 0.1) is 5.95 Å². The second kappa shape index (κ2) is 17.8. The van der Waals surface area contributed by atoms with Crippen molar-refractivity contribution in [1.82, 2.24) is 34.0 Å². The number of aromatic nitrogens is 6. The molecule has 8 aromatic rings. The number of hydrogen-bond acceptors (Lipinski definition) is 6. The van der Waals surface area contributed by atoms with Gasteiger partial charge in [0, 0.05) is 124 Å². The van der Waals surface area contributed by atoms with Crippen molar-refractivity contribution in [3.8, 4) is 22.3 Å². The van der Waals surface area contributed by atoms with Gasteiger partial charge in [-0.2, -0.15) is 4.39 Å². The molecule has 0 aliphatic heterocycles. The minimum Gasteiger partial charge on any atom is -0.443 e. The van der Waals surface area contributed by atoms with Crippen LogP contribution in [0.25, 0.3) is 65.9 Å². The molecular weight excluding hydrogens is 1020 g/mol. The average molecular weight is 1060 g/mol. The number of hydrogen-bond donors (Lipinski definition) is 1. The van der Waals surface area contributed by atoms with Gasteiger partial charge in [-0.15, -0.1) is 24.0 Å². The number of nitrogens with one attached hydrogen (secondary N) is 1. The Morgan fingerprint density at radius 1 is 0.704 bits per heavy atom. The highest BCUT2D eigenvalue weighted by molar-refractivity contribution is 15.0. The lowest BCUT2D eigenvalue weighted by Gasteiger charge is -2.21. The lowest BCUT2D eigenvalue weighted by molar-refractivity contribution is 0.0551. The first kappa shape index (κ1) is 42.9. The molecule has 0 bridgehead atoms. The summed E-state index contributed by atoms with van der Waals surface area (Å²) >= 11 is 4.24. The molecule has 0 atom stereocenters. The van der Waals surface area contributed by atoms with Crippen molar-refractivity contribution in [2.24, 2.45) is 0 Å². The van der Waals surface area contributed by atoms with Gasteiger partial charge in [0.05, 0.1) is 32.2 Å². The maximum atomic E-state index is 13.1. The zero-order chi connectivity index (χ0) is 37.2. The summed E-state index contributed by atoms with van der Waals surface area (Å²) in [7, 11) is 6.25. The predicted molar refractivity (Wildman–Crippen MR) is 249 cm³/mol. The monoisotopic (exact) mass is 1060 g/mol. The molecular formula is C41H42FI3N7O2+. The van der Waals surface area contributed by atoms with Crippen molar-refractivity contribution in [1.29, 1.82) is 0 Å². The van der Waals surface area contributed by atoms with Crippen LogP contribution in [0.4, 0.5) is 15.0 Å². The third kappa shape index (κ3) is 9.34. The Morgan fingerprint density at radius 3 is 1.91 bits per heavy atom. The quantitative estimate of drug-likeness (QED) is 0.108. The highest BCUT2D eigenvalue weighted by Gasteiger charge is 2.23. The average Bonchev–Trinajstić information content (AvgIpc) is 3.67. The summed E-state index contributed by atoms with van der Waals surface area (Å²) in [6.45, 7) is 5.60. The Bertz CT molecular complexity index is 2520. The smallest absolute Gasteiger partial charge is 0.419 e. The number of carbonyl (C=O) groups excluding carboxylic acids is 1. The van der Waals surface area contributed by atoms with Crippen LogP contribution in [0.1, 0.15) is 28.2 Å². The van der Waals surface area contributed by atoms with Gasteiger partial charge in [-0.1, -0.05) is 31.7 Å². The Kier molecular flexibility index (Phi) is 14.1. The van der Waals surface area contributed by atoms with E-state index in [0.29, 0.717) is 4.48 Å². The Balaban J connectivity index is 0.000000236. The van der Waals surface area contributed by atoms with E-state index >= 15 is 0 Å². The van der Waals surface area contributed by atoms with Gasteiger partial charge in [0.15, 0.2) is 0 Å². The van der Waals surface area contributed by atoms with E-state index in [9.17, 15) is 9.18 Å². The summed E-state index contributed by atoms with van der Waals surface area (Å²) in [5, 5.41) is 4.12. The van der Waals surface area contributed by atoms with Crippen LogP contribution in [0.3, 0.4) is 0 Å². The molecule has 8 rings (SSSR count). The van der Waals surface area contributed by atoms with Crippen LogP contribution in [-0.2, 0) is 4.74 Å². The normalized spacial score (nSPS) is 11.2. The number of benzene rings is 2. The van der Waals surface area contributed by atoms with E-state index in [1.54, 1.807) is 35.4 Å². The van der Waals surface area contributed by atoms with E-state index in [1.165, 1.54) is 6.07 Å². The van der Waals surface area contributed by atoms with E-state index < -0.39 is 17.6 Å². The first-order valence-electron chi connectivity index (χ1n) is 16.4. The molecule has 9 nitrogen and oxygen atoms in total. The Morgan fingerprint density at radius 2 is 1.30 bits per heavy atom. The van der Waals surface area contributed by atoms with Crippen molar-refractivity contribution < 1.29 is 13.9 Å². The fraction of sp³-hybridized carbons (Fsp3) is 0.195. The molecule has 0 saturated heterocycles. The van der Waals surface area contributed by atoms with Crippen LogP contribution >= 0.6 is 61.2 Å². The molecule has 0 unspecified atom stereocenters. The number of fused-ring (bicyclic) bond motifs is 6. The van der Waals surface area contributed by atoms with Gasteiger partial charge < -0.3 is 9.72 Å². The fourth-order valence-electron chi connectivity index (χ4n) is 5.97. The molecule has 2 aromatic carbocycles. The number of rotatable bonds is 3. The minimum atomic E-state index is -0.588. The van der Waals surface area contributed by atoms with E-state index in [1.807, 2.05) is 75.6 Å². The lowest BCUT2D eigenvalue weighted by atomic mass is 10.1. The van der Waals surface area contributed by atoms with Crippen molar-refractivity contribution in [3.05, 3.63) is 116 Å². The molecule has 0 fully saturated rings. The number of nitrogens with zero attached hydrogens (tertiary/aromatic N) is 6. The molecule has 54 heavy (non-hydrogen) atoms. The molecule has 0 aliphatic carbocycles. The molecule has 6 aromatic heterocycles. The fourth-order valence-corrected chi connectivity index (χ4v) is 5.97. The van der Waals surface area contributed by atoms with Gasteiger partial charge in [0.1, 0.15) is 5.60 Å². The highest BCUT2D eigenvalue weighted by Crippen LogP contribution is 2.33. The van der Waals surface area contributed by atoms with Crippen LogP contribution in [0.2, 0.25) is 0 Å². The first-order valence-corrected chi connectivity index (χ1v) is 22.7. The second-order valence-electron chi connectivity index (χ2n) is 14.0. The summed E-state index contributed by atoms with van der Waals surface area (Å²) in [5.74, 6) is 0.514. The van der Waals surface area contributed by atoms with Gasteiger partial charge in [-0.3, -0.25) is 14.5 Å². The molecule has 0 saturated carbocycles. The molecule has 13 heteroatoms. The first-order chi connectivity index (χ1) is 24.9. The van der Waals surface area contributed by atoms with Crippen LogP contribution in [0.15, 0.2) is 110 Å².